The fourth-order valence-electron chi connectivity index (χ4n) is 3.17. The summed E-state index contributed by atoms with van der Waals surface area (Å²) in [5.74, 6) is 0.171. The van der Waals surface area contributed by atoms with Crippen molar-refractivity contribution >= 4 is 5.91 Å². The zero-order valence-corrected chi connectivity index (χ0v) is 11.4. The molecule has 0 radical (unpaired) electrons. The van der Waals surface area contributed by atoms with Crippen molar-refractivity contribution in [2.45, 2.75) is 44.6 Å². The van der Waals surface area contributed by atoms with Gasteiger partial charge in [0.2, 0.25) is 5.91 Å². The molecule has 0 saturated carbocycles. The van der Waals surface area contributed by atoms with E-state index in [9.17, 15) is 4.79 Å². The van der Waals surface area contributed by atoms with Crippen LogP contribution in [0.2, 0.25) is 0 Å². The fraction of sp³-hybridized carbons (Fsp3) is 0.562. The second kappa shape index (κ2) is 5.74. The summed E-state index contributed by atoms with van der Waals surface area (Å²) in [6.45, 7) is 2.04. The number of carbonyl (C=O) groups is 1. The quantitative estimate of drug-likeness (QED) is 0.864. The molecule has 1 aliphatic carbocycles. The molecule has 0 atom stereocenters. The van der Waals surface area contributed by atoms with Gasteiger partial charge in [0.05, 0.1) is 6.42 Å². The second-order valence-electron chi connectivity index (χ2n) is 5.73. The number of piperidine rings is 1. The van der Waals surface area contributed by atoms with Crippen molar-refractivity contribution in [3.63, 3.8) is 0 Å². The zero-order chi connectivity index (χ0) is 13.1. The molecule has 1 fully saturated rings. The summed E-state index contributed by atoms with van der Waals surface area (Å²) < 4.78 is 0. The SMILES string of the molecule is O=C(Cc1ccc2c(c1)CCC2)NC1CCNCC1. The first-order valence-electron chi connectivity index (χ1n) is 7.42. The molecule has 1 aliphatic heterocycles. The van der Waals surface area contributed by atoms with Crippen LogP contribution in [0.4, 0.5) is 0 Å². The average Bonchev–Trinajstić information content (AvgIpc) is 2.87. The highest BCUT2D eigenvalue weighted by Gasteiger charge is 2.16. The predicted molar refractivity (Wildman–Crippen MR) is 76.2 cm³/mol. The number of carbonyl (C=O) groups excluding carboxylic acids is 1. The van der Waals surface area contributed by atoms with E-state index in [-0.39, 0.29) is 5.91 Å². The van der Waals surface area contributed by atoms with E-state index < -0.39 is 0 Å². The molecule has 0 bridgehead atoms. The Kier molecular flexibility index (Phi) is 3.83. The minimum Gasteiger partial charge on any atom is -0.353 e. The summed E-state index contributed by atoms with van der Waals surface area (Å²) >= 11 is 0. The lowest BCUT2D eigenvalue weighted by atomic mass is 10.0. The van der Waals surface area contributed by atoms with E-state index in [1.165, 1.54) is 30.4 Å². The van der Waals surface area contributed by atoms with Crippen LogP contribution in [0.3, 0.4) is 0 Å². The van der Waals surface area contributed by atoms with Crippen molar-refractivity contribution in [1.82, 2.24) is 10.6 Å². The van der Waals surface area contributed by atoms with E-state index in [0.29, 0.717) is 12.5 Å². The highest BCUT2D eigenvalue weighted by atomic mass is 16.1. The summed E-state index contributed by atoms with van der Waals surface area (Å²) in [7, 11) is 0. The van der Waals surface area contributed by atoms with E-state index in [0.717, 1.165) is 31.5 Å². The molecule has 0 spiro atoms. The number of aryl methyl sites for hydroxylation is 2. The van der Waals surface area contributed by atoms with E-state index in [2.05, 4.69) is 28.8 Å². The first-order chi connectivity index (χ1) is 9.31. The highest BCUT2D eigenvalue weighted by molar-refractivity contribution is 5.79. The number of nitrogens with one attached hydrogen (secondary N) is 2. The largest absolute Gasteiger partial charge is 0.353 e. The predicted octanol–water partition coefficient (Wildman–Crippen LogP) is 1.59. The van der Waals surface area contributed by atoms with Crippen LogP contribution in [-0.4, -0.2) is 25.0 Å². The number of benzene rings is 1. The second-order valence-corrected chi connectivity index (χ2v) is 5.73. The highest BCUT2D eigenvalue weighted by Crippen LogP contribution is 2.23. The molecule has 1 heterocycles. The van der Waals surface area contributed by atoms with Crippen molar-refractivity contribution in [2.24, 2.45) is 0 Å². The Morgan fingerprint density at radius 3 is 2.84 bits per heavy atom. The molecule has 2 aliphatic rings. The average molecular weight is 258 g/mol. The summed E-state index contributed by atoms with van der Waals surface area (Å²) in [4.78, 5) is 12.0. The Hall–Kier alpha value is -1.35. The fourth-order valence-corrected chi connectivity index (χ4v) is 3.17. The van der Waals surface area contributed by atoms with Crippen LogP contribution in [0, 0.1) is 0 Å². The minimum atomic E-state index is 0.171. The molecular weight excluding hydrogens is 236 g/mol. The van der Waals surface area contributed by atoms with Crippen LogP contribution in [-0.2, 0) is 24.1 Å². The molecule has 3 rings (SSSR count). The molecule has 19 heavy (non-hydrogen) atoms. The normalized spacial score (nSPS) is 19.2. The summed E-state index contributed by atoms with van der Waals surface area (Å²) in [5.41, 5.74) is 4.08. The molecule has 0 aromatic heterocycles. The Morgan fingerprint density at radius 2 is 2.00 bits per heavy atom. The van der Waals surface area contributed by atoms with Gasteiger partial charge >= 0.3 is 0 Å². The summed E-state index contributed by atoms with van der Waals surface area (Å²) in [5, 5.41) is 6.47. The van der Waals surface area contributed by atoms with Gasteiger partial charge < -0.3 is 10.6 Å². The lowest BCUT2D eigenvalue weighted by Crippen LogP contribution is -2.43. The van der Waals surface area contributed by atoms with Crippen molar-refractivity contribution in [2.75, 3.05) is 13.1 Å². The van der Waals surface area contributed by atoms with Gasteiger partial charge in [-0.05, 0) is 61.9 Å². The van der Waals surface area contributed by atoms with Crippen LogP contribution in [0.5, 0.6) is 0 Å². The van der Waals surface area contributed by atoms with Gasteiger partial charge in [0, 0.05) is 6.04 Å². The van der Waals surface area contributed by atoms with Gasteiger partial charge in [-0.2, -0.15) is 0 Å². The van der Waals surface area contributed by atoms with Crippen molar-refractivity contribution in [3.05, 3.63) is 34.9 Å². The molecule has 3 heteroatoms. The van der Waals surface area contributed by atoms with Gasteiger partial charge in [0.25, 0.3) is 0 Å². The maximum atomic E-state index is 12.0. The Balaban J connectivity index is 1.56. The van der Waals surface area contributed by atoms with Gasteiger partial charge in [0.15, 0.2) is 0 Å². The minimum absolute atomic E-state index is 0.171. The van der Waals surface area contributed by atoms with Crippen LogP contribution in [0.1, 0.15) is 36.0 Å². The topological polar surface area (TPSA) is 41.1 Å². The Labute approximate surface area is 114 Å². The number of fused-ring (bicyclic) bond motifs is 1. The van der Waals surface area contributed by atoms with Crippen LogP contribution < -0.4 is 10.6 Å². The van der Waals surface area contributed by atoms with Crippen LogP contribution >= 0.6 is 0 Å². The summed E-state index contributed by atoms with van der Waals surface area (Å²) in [6.07, 6.45) is 6.28. The van der Waals surface area contributed by atoms with Gasteiger partial charge in [-0.25, -0.2) is 0 Å². The lowest BCUT2D eigenvalue weighted by molar-refractivity contribution is -0.121. The van der Waals surface area contributed by atoms with Crippen molar-refractivity contribution in [3.8, 4) is 0 Å². The maximum Gasteiger partial charge on any atom is 0.224 e. The van der Waals surface area contributed by atoms with Gasteiger partial charge in [0.1, 0.15) is 0 Å². The molecule has 1 amide bonds. The van der Waals surface area contributed by atoms with E-state index in [1.54, 1.807) is 0 Å². The third kappa shape index (κ3) is 3.16. The zero-order valence-electron chi connectivity index (χ0n) is 11.4. The third-order valence-corrected chi connectivity index (χ3v) is 4.23. The molecule has 1 aromatic rings. The Bertz CT molecular complexity index is 464. The number of hydrogen-bond acceptors (Lipinski definition) is 2. The summed E-state index contributed by atoms with van der Waals surface area (Å²) in [6, 6.07) is 6.91. The number of rotatable bonds is 3. The molecule has 3 nitrogen and oxygen atoms in total. The van der Waals surface area contributed by atoms with Gasteiger partial charge in [-0.15, -0.1) is 0 Å². The molecule has 102 valence electrons. The van der Waals surface area contributed by atoms with Crippen molar-refractivity contribution in [1.29, 1.82) is 0 Å². The van der Waals surface area contributed by atoms with Crippen molar-refractivity contribution < 1.29 is 4.79 Å². The van der Waals surface area contributed by atoms with Crippen LogP contribution in [0.15, 0.2) is 18.2 Å². The smallest absolute Gasteiger partial charge is 0.224 e. The maximum absolute atomic E-state index is 12.0. The molecule has 1 saturated heterocycles. The first kappa shape index (κ1) is 12.7. The molecular formula is C16H22N2O. The van der Waals surface area contributed by atoms with Gasteiger partial charge in [-0.3, -0.25) is 4.79 Å². The molecule has 1 aromatic carbocycles. The lowest BCUT2D eigenvalue weighted by Gasteiger charge is -2.23. The monoisotopic (exact) mass is 258 g/mol. The van der Waals surface area contributed by atoms with Gasteiger partial charge in [-0.1, -0.05) is 18.2 Å². The van der Waals surface area contributed by atoms with E-state index in [1.807, 2.05) is 0 Å². The number of hydrogen-bond donors (Lipinski definition) is 2. The third-order valence-electron chi connectivity index (χ3n) is 4.23. The Morgan fingerprint density at radius 1 is 1.21 bits per heavy atom. The standard InChI is InChI=1S/C16H22N2O/c19-16(18-15-6-8-17-9-7-15)11-12-4-5-13-2-1-3-14(13)10-12/h4-5,10,15,17H,1-3,6-9,11H2,(H,18,19). The molecule has 0 unspecified atom stereocenters. The number of amides is 1. The van der Waals surface area contributed by atoms with E-state index in [4.69, 9.17) is 0 Å². The van der Waals surface area contributed by atoms with Crippen LogP contribution in [0.25, 0.3) is 0 Å². The first-order valence-corrected chi connectivity index (χ1v) is 7.42. The molecule has 2 N–H and O–H groups in total. The van der Waals surface area contributed by atoms with E-state index >= 15 is 0 Å².